The largest absolute Gasteiger partial charge is 0.417 e. The number of nitrogens with one attached hydrogen (secondary N) is 4. The summed E-state index contributed by atoms with van der Waals surface area (Å²) in [4.78, 5) is 108. The number of hydrogen-bond donors (Lipinski definition) is 5. The van der Waals surface area contributed by atoms with Crippen molar-refractivity contribution in [3.05, 3.63) is 122 Å². The molecule has 4 aliphatic rings. The van der Waals surface area contributed by atoms with Crippen LogP contribution in [-0.4, -0.2) is 170 Å². The quantitative estimate of drug-likeness (QED) is 0.0630. The summed E-state index contributed by atoms with van der Waals surface area (Å²) in [6, 6.07) is 9.10. The van der Waals surface area contributed by atoms with Gasteiger partial charge >= 0.3 is 6.18 Å². The van der Waals surface area contributed by atoms with Crippen molar-refractivity contribution in [1.82, 2.24) is 50.2 Å². The summed E-state index contributed by atoms with van der Waals surface area (Å²) < 4.78 is 58.4. The van der Waals surface area contributed by atoms with Crippen LogP contribution < -0.4 is 31.3 Å². The molecular formula is C61H75F4N13O7S. The van der Waals surface area contributed by atoms with Crippen molar-refractivity contribution in [3.8, 4) is 10.4 Å². The van der Waals surface area contributed by atoms with Gasteiger partial charge in [0.25, 0.3) is 5.91 Å². The first kappa shape index (κ1) is 62.9. The lowest BCUT2D eigenvalue weighted by Crippen LogP contribution is -2.57. The molecule has 460 valence electrons. The summed E-state index contributed by atoms with van der Waals surface area (Å²) in [6.07, 6.45) is 1.03. The second kappa shape index (κ2) is 26.6. The number of thiazole rings is 1. The number of amides is 5. The van der Waals surface area contributed by atoms with Gasteiger partial charge < -0.3 is 45.6 Å². The third kappa shape index (κ3) is 15.0. The Bertz CT molecular complexity index is 3370. The molecule has 3 fully saturated rings. The van der Waals surface area contributed by atoms with Crippen LogP contribution >= 0.6 is 11.3 Å². The van der Waals surface area contributed by atoms with Gasteiger partial charge in [-0.05, 0) is 74.9 Å². The van der Waals surface area contributed by atoms with Crippen molar-refractivity contribution in [3.63, 3.8) is 0 Å². The topological polar surface area (TPSA) is 233 Å². The van der Waals surface area contributed by atoms with Crippen LogP contribution in [-0.2, 0) is 38.4 Å². The minimum atomic E-state index is -4.99. The van der Waals surface area contributed by atoms with E-state index < -0.39 is 75.9 Å². The van der Waals surface area contributed by atoms with Crippen molar-refractivity contribution in [2.45, 2.75) is 123 Å². The zero-order valence-electron chi connectivity index (χ0n) is 49.5. The van der Waals surface area contributed by atoms with E-state index in [1.54, 1.807) is 34.1 Å². The molecule has 9 rings (SSSR count). The monoisotopic (exact) mass is 1210 g/mol. The molecule has 5 atom stereocenters. The number of aliphatic hydroxyl groups excluding tert-OH is 1. The van der Waals surface area contributed by atoms with E-state index in [0.717, 1.165) is 33.5 Å². The maximum absolute atomic E-state index is 16.3. The molecule has 5 aromatic rings. The Morgan fingerprint density at radius 2 is 1.58 bits per heavy atom. The molecule has 0 radical (unpaired) electrons. The highest BCUT2D eigenvalue weighted by Crippen LogP contribution is 2.38. The molecule has 0 aliphatic carbocycles. The average Bonchev–Trinajstić information content (AvgIpc) is 1.61. The van der Waals surface area contributed by atoms with E-state index >= 15 is 4.39 Å². The maximum Gasteiger partial charge on any atom is 0.417 e. The van der Waals surface area contributed by atoms with Crippen LogP contribution in [0.2, 0.25) is 0 Å². The van der Waals surface area contributed by atoms with Gasteiger partial charge in [-0.2, -0.15) is 13.2 Å². The summed E-state index contributed by atoms with van der Waals surface area (Å²) >= 11 is 1.56. The van der Waals surface area contributed by atoms with Crippen LogP contribution in [0.3, 0.4) is 0 Å². The third-order valence-corrected chi connectivity index (χ3v) is 17.7. The molecule has 4 aliphatic heterocycles. The first-order valence-corrected chi connectivity index (χ1v) is 29.9. The number of pyridine rings is 1. The fraction of sp³-hybridized carbons (Fsp3) is 0.492. The number of likely N-dealkylation sites (tertiary alicyclic amines) is 1. The van der Waals surface area contributed by atoms with Crippen LogP contribution in [0.1, 0.15) is 105 Å². The molecule has 86 heavy (non-hydrogen) atoms. The molecule has 25 heteroatoms. The van der Waals surface area contributed by atoms with Gasteiger partial charge in [0.05, 0.1) is 44.7 Å². The first-order valence-electron chi connectivity index (χ1n) is 29.0. The molecule has 0 spiro atoms. The number of alkyl halides is 3. The van der Waals surface area contributed by atoms with Crippen molar-refractivity contribution < 1.29 is 46.6 Å². The molecule has 2 aromatic carbocycles. The van der Waals surface area contributed by atoms with Crippen molar-refractivity contribution >= 4 is 63.8 Å². The lowest BCUT2D eigenvalue weighted by Gasteiger charge is -2.44. The molecule has 5 amide bonds. The van der Waals surface area contributed by atoms with E-state index in [-0.39, 0.29) is 68.0 Å². The van der Waals surface area contributed by atoms with Crippen LogP contribution in [0.5, 0.6) is 0 Å². The van der Waals surface area contributed by atoms with Gasteiger partial charge in [0.1, 0.15) is 17.9 Å². The number of hydrogen-bond acceptors (Lipinski definition) is 15. The molecule has 0 saturated carbocycles. The average molecular weight is 1210 g/mol. The van der Waals surface area contributed by atoms with Crippen LogP contribution in [0, 0.1) is 18.2 Å². The third-order valence-electron chi connectivity index (χ3n) is 16.7. The number of piperazine rings is 2. The first-order chi connectivity index (χ1) is 40.8. The van der Waals surface area contributed by atoms with Crippen molar-refractivity contribution in [2.24, 2.45) is 5.41 Å². The minimum Gasteiger partial charge on any atom is -0.391 e. The normalized spacial score (nSPS) is 20.2. The van der Waals surface area contributed by atoms with E-state index in [1.165, 1.54) is 17.0 Å². The van der Waals surface area contributed by atoms with Gasteiger partial charge in [0, 0.05) is 139 Å². The Balaban J connectivity index is 0.735. The SMILES string of the molecule is Cc1ncsc1-c1ccc(CNC(=O)[C@@H]2C[C@@H](O)CN2C(=O)C(NC(=O)CCCC(=O)N2CCN(Cc3cnc(N4CC=C(c5cc(NC(=O)c6c[nH]c(=O)cc6C(F)(F)F)c(N6C[C@@H](C)N(C)[C@@H](C)C6)cc5F)CC4)nc3)CC2)C(C)(C)C)cc1. The van der Waals surface area contributed by atoms with Crippen LogP contribution in [0.4, 0.5) is 34.9 Å². The van der Waals surface area contributed by atoms with E-state index in [0.29, 0.717) is 88.6 Å². The number of aliphatic hydroxyl groups is 1. The molecule has 5 N–H and O–H groups in total. The molecule has 7 heterocycles. The van der Waals surface area contributed by atoms with Crippen LogP contribution in [0.25, 0.3) is 16.0 Å². The highest BCUT2D eigenvalue weighted by molar-refractivity contribution is 7.13. The Kier molecular flexibility index (Phi) is 19.4. The number of aromatic nitrogens is 4. The predicted molar refractivity (Wildman–Crippen MR) is 320 cm³/mol. The molecule has 3 saturated heterocycles. The number of likely N-dealkylation sites (N-methyl/N-ethyl adjacent to an activating group) is 1. The van der Waals surface area contributed by atoms with E-state index in [9.17, 15) is 47.0 Å². The van der Waals surface area contributed by atoms with Crippen molar-refractivity contribution in [2.75, 3.05) is 81.1 Å². The molecule has 3 aromatic heterocycles. The van der Waals surface area contributed by atoms with Gasteiger partial charge in [-0.3, -0.25) is 38.6 Å². The lowest BCUT2D eigenvalue weighted by molar-refractivity contribution is -0.144. The number of carbonyl (C=O) groups excluding carboxylic acids is 5. The van der Waals surface area contributed by atoms with Gasteiger partial charge in [-0.1, -0.05) is 51.1 Å². The molecule has 20 nitrogen and oxygen atoms in total. The zero-order valence-corrected chi connectivity index (χ0v) is 50.3. The number of β-amino-alcohol motifs (C(OH)–C–C–N with tert-alkyl or cyclic N) is 1. The Labute approximate surface area is 501 Å². The molecule has 0 bridgehead atoms. The number of nitrogens with zero attached hydrogens (tertiary/aromatic N) is 9. The number of anilines is 3. The Morgan fingerprint density at radius 1 is 0.884 bits per heavy atom. The Morgan fingerprint density at radius 3 is 2.21 bits per heavy atom. The van der Waals surface area contributed by atoms with E-state index in [2.05, 4.69) is 45.7 Å². The summed E-state index contributed by atoms with van der Waals surface area (Å²) in [5.41, 5.74) is 2.86. The number of aromatic amines is 1. The van der Waals surface area contributed by atoms with Gasteiger partial charge in [0.15, 0.2) is 0 Å². The summed E-state index contributed by atoms with van der Waals surface area (Å²) in [5.74, 6) is -2.53. The lowest BCUT2D eigenvalue weighted by atomic mass is 9.85. The second-order valence-corrected chi connectivity index (χ2v) is 24.8. The fourth-order valence-corrected chi connectivity index (χ4v) is 12.3. The second-order valence-electron chi connectivity index (χ2n) is 24.0. The van der Waals surface area contributed by atoms with E-state index in [1.807, 2.05) is 88.7 Å². The zero-order chi connectivity index (χ0) is 61.8. The fourth-order valence-electron chi connectivity index (χ4n) is 11.5. The smallest absolute Gasteiger partial charge is 0.391 e. The Hall–Kier alpha value is -7.61. The molecular weight excluding hydrogens is 1130 g/mol. The number of halogens is 4. The number of aryl methyl sites for hydroxylation is 1. The van der Waals surface area contributed by atoms with Crippen molar-refractivity contribution in [1.29, 1.82) is 0 Å². The van der Waals surface area contributed by atoms with E-state index in [4.69, 9.17) is 0 Å². The van der Waals surface area contributed by atoms with Gasteiger partial charge in [-0.25, -0.2) is 19.3 Å². The molecule has 1 unspecified atom stereocenters. The summed E-state index contributed by atoms with van der Waals surface area (Å²) in [5, 5.41) is 19.1. The van der Waals surface area contributed by atoms with Gasteiger partial charge in [0.2, 0.25) is 35.1 Å². The number of H-pyrrole nitrogens is 1. The van der Waals surface area contributed by atoms with Crippen LogP contribution in [0.15, 0.2) is 77.4 Å². The highest BCUT2D eigenvalue weighted by atomic mass is 32.1. The highest BCUT2D eigenvalue weighted by Gasteiger charge is 2.45. The number of benzene rings is 2. The summed E-state index contributed by atoms with van der Waals surface area (Å²) in [6.45, 7) is 16.0. The number of rotatable bonds is 17. The maximum atomic E-state index is 16.3. The standard InChI is InChI=1S/C61H75F4N13O7S/c1-36-31-77(32-37(2)73(36)7)49-26-47(62)44(24-48(49)71-56(83)45-30-66-52(81)25-46(45)61(63,64)65)41-15-17-76(18-16-41)59-68-28-40(29-69-59)33-74-19-21-75(22-20-74)53(82)10-8-9-51(80)72-55(60(4,5)6)58(85)78-34-43(79)23-50(78)57(84)67-27-39-11-13-42(14-12-39)54-38(3)70-35-86-54/h11-15,24-26,28-30,35-37,43,50,55,79H,8-10,16-23,27,31-34H2,1-7H3,(H,66,81)(H,67,84)(H,71,83)(H,72,80)/t36-,37+,43-,50+,55?/m1/s1. The van der Waals surface area contributed by atoms with Gasteiger partial charge in [-0.15, -0.1) is 11.3 Å². The number of carbonyl (C=O) groups is 5. The minimum absolute atomic E-state index is 0.0103. The predicted octanol–water partition coefficient (Wildman–Crippen LogP) is 6.45. The summed E-state index contributed by atoms with van der Waals surface area (Å²) in [7, 11) is 1.98.